The Labute approximate surface area is 194 Å². The normalized spacial score (nSPS) is 14.8. The molecule has 1 atom stereocenters. The van der Waals surface area contributed by atoms with Gasteiger partial charge in [0.2, 0.25) is 5.91 Å². The van der Waals surface area contributed by atoms with Crippen LogP contribution in [0.5, 0.6) is 0 Å². The van der Waals surface area contributed by atoms with Crippen LogP contribution >= 0.6 is 22.6 Å². The van der Waals surface area contributed by atoms with E-state index < -0.39 is 28.0 Å². The zero-order chi connectivity index (χ0) is 22.6. The summed E-state index contributed by atoms with van der Waals surface area (Å²) in [7, 11) is -3.49. The minimum Gasteiger partial charge on any atom is -0.298 e. The molecule has 1 heterocycles. The maximum atomic E-state index is 14.0. The summed E-state index contributed by atoms with van der Waals surface area (Å²) in [6.45, 7) is 2.48. The first kappa shape index (κ1) is 23.8. The largest absolute Gasteiger partial charge is 0.298 e. The average molecular weight is 559 g/mol. The van der Waals surface area contributed by atoms with Crippen LogP contribution in [0.25, 0.3) is 0 Å². The summed E-state index contributed by atoms with van der Waals surface area (Å²) in [6, 6.07) is 11.8. The summed E-state index contributed by atoms with van der Waals surface area (Å²) in [4.78, 5) is 27.2. The molecule has 0 aromatic heterocycles. The molecule has 0 spiro atoms. The fraction of sp³-hybridized carbons (Fsp3) is 0.333. The molecule has 166 valence electrons. The summed E-state index contributed by atoms with van der Waals surface area (Å²) in [5.41, 5.74) is 0.921. The molecule has 1 aliphatic heterocycles. The van der Waals surface area contributed by atoms with Crippen molar-refractivity contribution in [1.29, 1.82) is 0 Å². The van der Waals surface area contributed by atoms with Crippen molar-refractivity contribution >= 4 is 50.2 Å². The van der Waals surface area contributed by atoms with E-state index in [9.17, 15) is 22.4 Å². The number of nitrogens with zero attached hydrogens (tertiary/aromatic N) is 2. The van der Waals surface area contributed by atoms with Gasteiger partial charge in [0.15, 0.2) is 5.78 Å². The third-order valence-electron chi connectivity index (χ3n) is 4.80. The van der Waals surface area contributed by atoms with Crippen LogP contribution in [0.15, 0.2) is 48.5 Å². The van der Waals surface area contributed by atoms with Gasteiger partial charge >= 0.3 is 0 Å². The van der Waals surface area contributed by atoms with Crippen LogP contribution in [0.1, 0.15) is 31.4 Å². The molecule has 3 rings (SSSR count). The molecule has 0 radical (unpaired) electrons. The van der Waals surface area contributed by atoms with Gasteiger partial charge in [-0.15, -0.1) is 0 Å². The van der Waals surface area contributed by atoms with E-state index in [-0.39, 0.29) is 30.9 Å². The molecule has 1 N–H and O–H groups in total. The van der Waals surface area contributed by atoms with Gasteiger partial charge in [-0.1, -0.05) is 24.3 Å². The summed E-state index contributed by atoms with van der Waals surface area (Å²) in [5, 5.41) is 0. The number of hydrogen-bond donors (Lipinski definition) is 1. The van der Waals surface area contributed by atoms with Gasteiger partial charge in [0.1, 0.15) is 11.9 Å². The number of hydrogen-bond acceptors (Lipinski definition) is 4. The van der Waals surface area contributed by atoms with Gasteiger partial charge in [-0.25, -0.2) is 9.11 Å². The Morgan fingerprint density at radius 3 is 2.52 bits per heavy atom. The van der Waals surface area contributed by atoms with Crippen molar-refractivity contribution < 1.29 is 22.4 Å². The van der Waals surface area contributed by atoms with Gasteiger partial charge in [-0.3, -0.25) is 14.5 Å². The smallest absolute Gasteiger partial charge is 0.279 e. The molecule has 0 saturated carbocycles. The second-order valence-corrected chi connectivity index (χ2v) is 10.1. The Morgan fingerprint density at radius 2 is 1.90 bits per heavy atom. The molecule has 7 nitrogen and oxygen atoms in total. The lowest BCUT2D eigenvalue weighted by molar-refractivity contribution is -0.124. The summed E-state index contributed by atoms with van der Waals surface area (Å²) >= 11 is 2.10. The summed E-state index contributed by atoms with van der Waals surface area (Å²) in [6.07, 6.45) is 0.237. The number of amides is 1. The van der Waals surface area contributed by atoms with Crippen LogP contribution in [0.2, 0.25) is 0 Å². The minimum atomic E-state index is -3.49. The molecule has 0 unspecified atom stereocenters. The quantitative estimate of drug-likeness (QED) is 0.276. The van der Waals surface area contributed by atoms with Crippen LogP contribution in [-0.4, -0.2) is 44.0 Å². The SMILES string of the molecule is CC(=O)[C@@H](c1ccccc1I)N(C(=O)CCCNS(=O)(=O)N1CC1)c1cccc(F)c1. The van der Waals surface area contributed by atoms with E-state index in [0.29, 0.717) is 18.7 Å². The Hall–Kier alpha value is -1.89. The third kappa shape index (κ3) is 6.09. The number of benzene rings is 2. The Bertz CT molecular complexity index is 1080. The van der Waals surface area contributed by atoms with E-state index in [4.69, 9.17) is 0 Å². The Morgan fingerprint density at radius 1 is 1.19 bits per heavy atom. The predicted molar refractivity (Wildman–Crippen MR) is 124 cm³/mol. The van der Waals surface area contributed by atoms with E-state index in [0.717, 1.165) is 3.57 Å². The highest BCUT2D eigenvalue weighted by Gasteiger charge is 2.33. The van der Waals surface area contributed by atoms with Crippen LogP contribution in [0.3, 0.4) is 0 Å². The number of halogens is 2. The molecule has 2 aromatic rings. The van der Waals surface area contributed by atoms with E-state index in [1.54, 1.807) is 18.2 Å². The maximum absolute atomic E-state index is 14.0. The molecule has 2 aromatic carbocycles. The van der Waals surface area contributed by atoms with Crippen LogP contribution in [0.4, 0.5) is 10.1 Å². The van der Waals surface area contributed by atoms with Gasteiger partial charge in [-0.05, 0) is 65.8 Å². The molecule has 1 aliphatic rings. The number of carbonyl (C=O) groups excluding carboxylic acids is 2. The first-order valence-corrected chi connectivity index (χ1v) is 12.3. The molecule has 0 aliphatic carbocycles. The maximum Gasteiger partial charge on any atom is 0.279 e. The fourth-order valence-corrected chi connectivity index (χ4v) is 5.06. The van der Waals surface area contributed by atoms with Crippen molar-refractivity contribution in [3.63, 3.8) is 0 Å². The summed E-state index contributed by atoms with van der Waals surface area (Å²) in [5.74, 6) is -1.17. The lowest BCUT2D eigenvalue weighted by atomic mass is 10.00. The van der Waals surface area contributed by atoms with E-state index >= 15 is 0 Å². The van der Waals surface area contributed by atoms with E-state index in [1.165, 1.54) is 34.3 Å². The number of Topliss-reactive ketones (excluding diaryl/α,β-unsaturated/α-hetero) is 1. The van der Waals surface area contributed by atoms with Gasteiger partial charge in [0.25, 0.3) is 10.2 Å². The lowest BCUT2D eigenvalue weighted by Gasteiger charge is -2.31. The van der Waals surface area contributed by atoms with Gasteiger partial charge in [0, 0.05) is 35.3 Å². The lowest BCUT2D eigenvalue weighted by Crippen LogP contribution is -2.39. The van der Waals surface area contributed by atoms with Crippen LogP contribution in [-0.2, 0) is 19.8 Å². The highest BCUT2D eigenvalue weighted by Crippen LogP contribution is 2.32. The highest BCUT2D eigenvalue weighted by molar-refractivity contribution is 14.1. The van der Waals surface area contributed by atoms with Gasteiger partial charge in [0.05, 0.1) is 0 Å². The van der Waals surface area contributed by atoms with Crippen molar-refractivity contribution in [2.45, 2.75) is 25.8 Å². The fourth-order valence-electron chi connectivity index (χ4n) is 3.23. The van der Waals surface area contributed by atoms with Crippen LogP contribution in [0, 0.1) is 9.39 Å². The zero-order valence-corrected chi connectivity index (χ0v) is 19.9. The van der Waals surface area contributed by atoms with E-state index in [1.807, 2.05) is 12.1 Å². The standard InChI is InChI=1S/C21H23FIN3O4S/c1-15(27)21(18-8-2-3-9-19(18)23)26(17-7-4-6-16(22)14-17)20(28)10-5-11-24-31(29,30)25-12-13-25/h2-4,6-9,14,21,24H,5,10-13H2,1H3/t21-/m0/s1. The van der Waals surface area contributed by atoms with E-state index in [2.05, 4.69) is 27.3 Å². The molecule has 1 fully saturated rings. The summed E-state index contributed by atoms with van der Waals surface area (Å²) < 4.78 is 42.3. The highest BCUT2D eigenvalue weighted by atomic mass is 127. The number of ketones is 1. The Kier molecular flexibility index (Phi) is 7.78. The molecule has 0 bridgehead atoms. The predicted octanol–water partition coefficient (Wildman–Crippen LogP) is 3.02. The number of rotatable bonds is 10. The van der Waals surface area contributed by atoms with Crippen molar-refractivity contribution in [3.8, 4) is 0 Å². The second kappa shape index (κ2) is 10.2. The van der Waals surface area contributed by atoms with Crippen molar-refractivity contribution in [2.75, 3.05) is 24.5 Å². The Balaban J connectivity index is 1.84. The van der Waals surface area contributed by atoms with Crippen molar-refractivity contribution in [3.05, 3.63) is 63.5 Å². The first-order valence-electron chi connectivity index (χ1n) is 9.78. The zero-order valence-electron chi connectivity index (χ0n) is 16.9. The second-order valence-electron chi connectivity index (χ2n) is 7.18. The molecular weight excluding hydrogens is 536 g/mol. The molecule has 1 amide bonds. The number of anilines is 1. The third-order valence-corrected chi connectivity index (χ3v) is 7.39. The molecule has 10 heteroatoms. The number of nitrogens with one attached hydrogen (secondary N) is 1. The molecule has 31 heavy (non-hydrogen) atoms. The number of carbonyl (C=O) groups is 2. The monoisotopic (exact) mass is 559 g/mol. The topological polar surface area (TPSA) is 86.6 Å². The molecular formula is C21H23FIN3O4S. The van der Waals surface area contributed by atoms with Crippen molar-refractivity contribution in [2.24, 2.45) is 0 Å². The minimum absolute atomic E-state index is 0.00771. The molecule has 1 saturated heterocycles. The first-order chi connectivity index (χ1) is 14.7. The van der Waals surface area contributed by atoms with Crippen molar-refractivity contribution in [1.82, 2.24) is 9.03 Å². The van der Waals surface area contributed by atoms with Gasteiger partial charge < -0.3 is 0 Å². The van der Waals surface area contributed by atoms with Crippen LogP contribution < -0.4 is 9.62 Å². The average Bonchev–Trinajstić information content (AvgIpc) is 3.56. The van der Waals surface area contributed by atoms with Gasteiger partial charge in [-0.2, -0.15) is 12.7 Å².